The molecule has 0 unspecified atom stereocenters. The number of para-hydroxylation sites is 6. The molecule has 9 heteroatoms. The molecule has 0 amide bonds. The third kappa shape index (κ3) is 5.26. The predicted octanol–water partition coefficient (Wildman–Crippen LogP) is 9.86. The Labute approximate surface area is 287 Å². The van der Waals surface area contributed by atoms with Gasteiger partial charge in [0.05, 0.1) is 52.7 Å². The first kappa shape index (κ1) is 30.4. The van der Waals surface area contributed by atoms with Gasteiger partial charge < -0.3 is 13.7 Å². The normalized spacial score (nSPS) is 11.9. The Hall–Kier alpha value is -3.27. The number of imidazole rings is 3. The Morgan fingerprint density at radius 3 is 0.956 bits per heavy atom. The number of hydrogen-bond acceptors (Lipinski definition) is 3. The number of fused-ring (bicyclic) bond motifs is 3. The number of nitrogens with zero attached hydrogens (tertiary/aromatic N) is 6. The molecule has 6 nitrogen and oxygen atoms in total. The van der Waals surface area contributed by atoms with Crippen molar-refractivity contribution >= 4 is 80.9 Å². The first-order valence-corrected chi connectivity index (χ1v) is 17.8. The van der Waals surface area contributed by atoms with E-state index in [9.17, 15) is 0 Å². The summed E-state index contributed by atoms with van der Waals surface area (Å²) in [5, 5.41) is 0. The molecule has 0 spiro atoms. The van der Waals surface area contributed by atoms with E-state index in [2.05, 4.69) is 137 Å². The van der Waals surface area contributed by atoms with Crippen molar-refractivity contribution in [2.75, 3.05) is 0 Å². The molecular weight excluding hydrogens is 756 g/mol. The summed E-state index contributed by atoms with van der Waals surface area (Å²) < 4.78 is 9.49. The molecular formula is C36H33Br3N6. The molecule has 0 atom stereocenters. The minimum Gasteiger partial charge on any atom is -0.314 e. The van der Waals surface area contributed by atoms with Crippen LogP contribution in [0, 0.1) is 0 Å². The van der Waals surface area contributed by atoms with Crippen LogP contribution in [-0.4, -0.2) is 28.7 Å². The topological polar surface area (TPSA) is 53.5 Å². The molecule has 0 N–H and O–H groups in total. The van der Waals surface area contributed by atoms with Gasteiger partial charge in [0.1, 0.15) is 0 Å². The predicted molar refractivity (Wildman–Crippen MR) is 194 cm³/mol. The minimum absolute atomic E-state index is 0.731. The van der Waals surface area contributed by atoms with Crippen LogP contribution < -0.4 is 0 Å². The zero-order valence-electron chi connectivity index (χ0n) is 25.5. The fourth-order valence-electron chi connectivity index (χ4n) is 7.01. The van der Waals surface area contributed by atoms with E-state index in [0.717, 1.165) is 86.2 Å². The van der Waals surface area contributed by atoms with Crippen LogP contribution in [0.4, 0.5) is 0 Å². The van der Waals surface area contributed by atoms with Crippen LogP contribution in [0.15, 0.2) is 87.0 Å². The minimum atomic E-state index is 0.731. The quantitative estimate of drug-likeness (QED) is 0.146. The monoisotopic (exact) mass is 786 g/mol. The van der Waals surface area contributed by atoms with E-state index in [1.54, 1.807) is 0 Å². The van der Waals surface area contributed by atoms with Crippen LogP contribution in [0.1, 0.15) is 54.2 Å². The van der Waals surface area contributed by atoms with Crippen molar-refractivity contribution in [1.82, 2.24) is 28.7 Å². The van der Waals surface area contributed by atoms with Crippen molar-refractivity contribution < 1.29 is 0 Å². The Balaban J connectivity index is 1.50. The van der Waals surface area contributed by atoms with Crippen LogP contribution in [0.5, 0.6) is 0 Å². The largest absolute Gasteiger partial charge is 0.314 e. The highest BCUT2D eigenvalue weighted by Crippen LogP contribution is 2.36. The van der Waals surface area contributed by atoms with Gasteiger partial charge in [0, 0.05) is 0 Å². The maximum Gasteiger partial charge on any atom is 0.178 e. The average molecular weight is 789 g/mol. The molecule has 0 radical (unpaired) electrons. The molecule has 0 bridgehead atoms. The Morgan fingerprint density at radius 1 is 0.422 bits per heavy atom. The molecule has 228 valence electrons. The maximum absolute atomic E-state index is 4.85. The molecule has 7 aromatic rings. The molecule has 0 aliphatic heterocycles. The van der Waals surface area contributed by atoms with Gasteiger partial charge in [0.25, 0.3) is 0 Å². The lowest BCUT2D eigenvalue weighted by Gasteiger charge is -2.27. The summed E-state index contributed by atoms with van der Waals surface area (Å²) >= 11 is 11.4. The third-order valence-corrected chi connectivity index (χ3v) is 10.8. The number of aromatic nitrogens is 6. The van der Waals surface area contributed by atoms with Crippen molar-refractivity contribution in [2.45, 2.75) is 59.7 Å². The lowest BCUT2D eigenvalue weighted by Crippen LogP contribution is -2.19. The van der Waals surface area contributed by atoms with E-state index >= 15 is 0 Å². The lowest BCUT2D eigenvalue weighted by molar-refractivity contribution is 0.719. The average Bonchev–Trinajstić information content (AvgIpc) is 3.66. The van der Waals surface area contributed by atoms with Gasteiger partial charge in [-0.05, 0) is 137 Å². The highest BCUT2D eigenvalue weighted by molar-refractivity contribution is 9.10. The fourth-order valence-corrected chi connectivity index (χ4v) is 8.53. The highest BCUT2D eigenvalue weighted by Gasteiger charge is 2.25. The first-order chi connectivity index (χ1) is 21.9. The zero-order valence-corrected chi connectivity index (χ0v) is 30.2. The lowest BCUT2D eigenvalue weighted by atomic mass is 9.83. The molecule has 4 aromatic carbocycles. The van der Waals surface area contributed by atoms with Crippen molar-refractivity contribution in [2.24, 2.45) is 0 Å². The molecule has 3 heterocycles. The summed E-state index contributed by atoms with van der Waals surface area (Å²) in [6, 6.07) is 25.2. The SMILES string of the molecule is CCc1c(Cn2c(Br)nc3ccccc32)c(CC)c(Cn2c(Br)nc3ccccc32)c(CC)c1Cn1c(Br)nc2ccccc21. The van der Waals surface area contributed by atoms with Crippen LogP contribution in [0.25, 0.3) is 33.1 Å². The first-order valence-electron chi connectivity index (χ1n) is 15.4. The Bertz CT molecular complexity index is 1940. The summed E-state index contributed by atoms with van der Waals surface area (Å²) in [6.45, 7) is 9.08. The van der Waals surface area contributed by atoms with Crippen molar-refractivity contribution in [3.8, 4) is 0 Å². The maximum atomic E-state index is 4.85. The second kappa shape index (κ2) is 12.5. The number of benzene rings is 4. The van der Waals surface area contributed by atoms with Crippen molar-refractivity contribution in [1.29, 1.82) is 0 Å². The van der Waals surface area contributed by atoms with Gasteiger partial charge in [-0.1, -0.05) is 57.2 Å². The Morgan fingerprint density at radius 2 is 0.689 bits per heavy atom. The second-order valence-electron chi connectivity index (χ2n) is 11.3. The van der Waals surface area contributed by atoms with Gasteiger partial charge in [-0.3, -0.25) is 0 Å². The van der Waals surface area contributed by atoms with Crippen molar-refractivity contribution in [3.63, 3.8) is 0 Å². The van der Waals surface area contributed by atoms with Gasteiger partial charge in [0.2, 0.25) is 0 Å². The summed E-state index contributed by atoms with van der Waals surface area (Å²) in [4.78, 5) is 14.6. The summed E-state index contributed by atoms with van der Waals surface area (Å²) in [5.41, 5.74) is 14.8. The van der Waals surface area contributed by atoms with Crippen LogP contribution in [-0.2, 0) is 38.9 Å². The molecule has 7 rings (SSSR count). The second-order valence-corrected chi connectivity index (χ2v) is 13.4. The molecule has 45 heavy (non-hydrogen) atoms. The van der Waals surface area contributed by atoms with E-state index in [1.807, 2.05) is 18.2 Å². The highest BCUT2D eigenvalue weighted by atomic mass is 79.9. The van der Waals surface area contributed by atoms with Gasteiger partial charge in [-0.25, -0.2) is 15.0 Å². The van der Waals surface area contributed by atoms with Gasteiger partial charge in [-0.2, -0.15) is 0 Å². The van der Waals surface area contributed by atoms with Gasteiger partial charge in [-0.15, -0.1) is 0 Å². The van der Waals surface area contributed by atoms with Crippen molar-refractivity contribution in [3.05, 3.63) is 120 Å². The smallest absolute Gasteiger partial charge is 0.178 e. The zero-order chi connectivity index (χ0) is 31.2. The number of halogens is 3. The van der Waals surface area contributed by atoms with Gasteiger partial charge in [0.15, 0.2) is 14.2 Å². The van der Waals surface area contributed by atoms with E-state index in [-0.39, 0.29) is 0 Å². The van der Waals surface area contributed by atoms with E-state index < -0.39 is 0 Å². The van der Waals surface area contributed by atoms with E-state index in [1.165, 1.54) is 33.4 Å². The Kier molecular flexibility index (Phi) is 8.44. The molecule has 0 aliphatic rings. The molecule has 0 saturated heterocycles. The standard InChI is InChI=1S/C36H33Br3N6/c1-4-22-25(19-43-31-16-10-7-13-28(31)40-34(43)37)23(5-2)27(21-45-33-18-12-9-15-30(33)42-36(45)39)24(6-3)26(22)20-44-32-17-11-8-14-29(32)41-35(44)38/h7-18H,4-6,19-21H2,1-3H3. The fraction of sp³-hybridized carbons (Fsp3) is 0.250. The van der Waals surface area contributed by atoms with E-state index in [0.29, 0.717) is 0 Å². The number of rotatable bonds is 9. The summed E-state index contributed by atoms with van der Waals surface area (Å²) in [5.74, 6) is 0. The summed E-state index contributed by atoms with van der Waals surface area (Å²) in [6.07, 6.45) is 2.78. The van der Waals surface area contributed by atoms with Crippen LogP contribution >= 0.6 is 47.8 Å². The van der Waals surface area contributed by atoms with Crippen LogP contribution in [0.3, 0.4) is 0 Å². The van der Waals surface area contributed by atoms with E-state index in [4.69, 9.17) is 15.0 Å². The molecule has 0 aliphatic carbocycles. The summed E-state index contributed by atoms with van der Waals surface area (Å²) in [7, 11) is 0. The molecule has 0 fully saturated rings. The number of hydrogen-bond donors (Lipinski definition) is 0. The third-order valence-electron chi connectivity index (χ3n) is 9.02. The molecule has 3 aromatic heterocycles. The molecule has 0 saturated carbocycles. The van der Waals surface area contributed by atoms with Crippen LogP contribution in [0.2, 0.25) is 0 Å². The van der Waals surface area contributed by atoms with Gasteiger partial charge >= 0.3 is 0 Å².